The number of hydrogen-bond donors (Lipinski definition) is 0. The summed E-state index contributed by atoms with van der Waals surface area (Å²) in [7, 11) is -1.30. The SMILES string of the molecule is COC(=O)[C@@H]1CN(C(=O)CN(CCc2ccccc2)S(=O)(=O)c2ccc(OC)cc2)c2ccccc2O1. The first-order chi connectivity index (χ1) is 17.8. The van der Waals surface area contributed by atoms with Gasteiger partial charge in [0.2, 0.25) is 22.0 Å². The molecule has 1 heterocycles. The Morgan fingerprint density at radius 3 is 2.32 bits per heavy atom. The first-order valence-corrected chi connectivity index (χ1v) is 13.1. The van der Waals surface area contributed by atoms with E-state index >= 15 is 0 Å². The highest BCUT2D eigenvalue weighted by Crippen LogP contribution is 2.33. The second-order valence-corrected chi connectivity index (χ2v) is 10.3. The second kappa shape index (κ2) is 11.4. The van der Waals surface area contributed by atoms with Crippen molar-refractivity contribution in [1.82, 2.24) is 4.31 Å². The topological polar surface area (TPSA) is 102 Å². The summed E-state index contributed by atoms with van der Waals surface area (Å²) in [4.78, 5) is 27.3. The van der Waals surface area contributed by atoms with Gasteiger partial charge in [0, 0.05) is 6.54 Å². The Labute approximate surface area is 216 Å². The molecule has 0 unspecified atom stereocenters. The van der Waals surface area contributed by atoms with Crippen LogP contribution < -0.4 is 14.4 Å². The molecule has 37 heavy (non-hydrogen) atoms. The van der Waals surface area contributed by atoms with E-state index in [2.05, 4.69) is 0 Å². The van der Waals surface area contributed by atoms with E-state index in [1.807, 2.05) is 30.3 Å². The van der Waals surface area contributed by atoms with E-state index in [4.69, 9.17) is 14.2 Å². The van der Waals surface area contributed by atoms with Gasteiger partial charge in [-0.15, -0.1) is 0 Å². The third-order valence-electron chi connectivity index (χ3n) is 6.04. The smallest absolute Gasteiger partial charge is 0.348 e. The van der Waals surface area contributed by atoms with E-state index in [-0.39, 0.29) is 18.0 Å². The Balaban J connectivity index is 1.63. The van der Waals surface area contributed by atoms with Crippen molar-refractivity contribution < 1.29 is 32.2 Å². The number of sulfonamides is 1. The first kappa shape index (κ1) is 26.2. The van der Waals surface area contributed by atoms with Gasteiger partial charge in [0.1, 0.15) is 11.5 Å². The molecule has 0 saturated carbocycles. The molecule has 1 aliphatic rings. The summed E-state index contributed by atoms with van der Waals surface area (Å²) in [5.41, 5.74) is 1.39. The molecule has 1 aliphatic heterocycles. The number of amides is 1. The fourth-order valence-corrected chi connectivity index (χ4v) is 5.43. The standard InChI is InChI=1S/C27H28N2O7S/c1-34-21-12-14-22(15-13-21)37(32,33)28(17-16-20-8-4-3-5-9-20)19-26(30)29-18-25(27(31)35-2)36-24-11-7-6-10-23(24)29/h3-15,25H,16-19H2,1-2H3/t25-/m0/s1. The fraction of sp³-hybridized carbons (Fsp3) is 0.259. The van der Waals surface area contributed by atoms with Crippen LogP contribution in [0.2, 0.25) is 0 Å². The lowest BCUT2D eigenvalue weighted by molar-refractivity contribution is -0.148. The third-order valence-corrected chi connectivity index (χ3v) is 7.90. The van der Waals surface area contributed by atoms with Crippen molar-refractivity contribution in [1.29, 1.82) is 0 Å². The summed E-state index contributed by atoms with van der Waals surface area (Å²) < 4.78 is 44.1. The average molecular weight is 525 g/mol. The van der Waals surface area contributed by atoms with Crippen molar-refractivity contribution in [2.75, 3.05) is 38.8 Å². The first-order valence-electron chi connectivity index (χ1n) is 11.7. The average Bonchev–Trinajstić information content (AvgIpc) is 2.94. The lowest BCUT2D eigenvalue weighted by Crippen LogP contribution is -2.51. The highest BCUT2D eigenvalue weighted by Gasteiger charge is 2.36. The number of hydrogen-bond acceptors (Lipinski definition) is 7. The van der Waals surface area contributed by atoms with E-state index in [1.165, 1.54) is 31.3 Å². The van der Waals surface area contributed by atoms with Gasteiger partial charge in [-0.2, -0.15) is 4.31 Å². The van der Waals surface area contributed by atoms with Crippen LogP contribution in [0.15, 0.2) is 83.8 Å². The Morgan fingerprint density at radius 2 is 1.65 bits per heavy atom. The van der Waals surface area contributed by atoms with Crippen LogP contribution >= 0.6 is 0 Å². The van der Waals surface area contributed by atoms with Crippen LogP contribution in [0.25, 0.3) is 0 Å². The molecule has 1 atom stereocenters. The van der Waals surface area contributed by atoms with Crippen molar-refractivity contribution in [3.8, 4) is 11.5 Å². The monoisotopic (exact) mass is 524 g/mol. The molecule has 0 N–H and O–H groups in total. The molecule has 4 rings (SSSR count). The molecule has 0 bridgehead atoms. The molecule has 3 aromatic carbocycles. The molecule has 0 aliphatic carbocycles. The number of fused-ring (bicyclic) bond motifs is 1. The number of methoxy groups -OCH3 is 2. The minimum atomic E-state index is -4.03. The predicted octanol–water partition coefficient (Wildman–Crippen LogP) is 2.90. The van der Waals surface area contributed by atoms with E-state index in [1.54, 1.807) is 36.4 Å². The Kier molecular flexibility index (Phi) is 8.10. The zero-order valence-corrected chi connectivity index (χ0v) is 21.4. The number of ether oxygens (including phenoxy) is 3. The molecule has 1 amide bonds. The van der Waals surface area contributed by atoms with Crippen molar-refractivity contribution >= 4 is 27.6 Å². The quantitative estimate of drug-likeness (QED) is 0.397. The summed E-state index contributed by atoms with van der Waals surface area (Å²) in [6, 6.07) is 22.2. The number of nitrogens with zero attached hydrogens (tertiary/aromatic N) is 2. The summed E-state index contributed by atoms with van der Waals surface area (Å²) in [6.45, 7) is -0.447. The number of benzene rings is 3. The van der Waals surface area contributed by atoms with Gasteiger partial charge in [-0.3, -0.25) is 4.79 Å². The van der Waals surface area contributed by atoms with Gasteiger partial charge in [-0.1, -0.05) is 42.5 Å². The maximum Gasteiger partial charge on any atom is 0.348 e. The second-order valence-electron chi connectivity index (χ2n) is 8.35. The van der Waals surface area contributed by atoms with Crippen LogP contribution in [-0.4, -0.2) is 64.6 Å². The molecule has 0 fully saturated rings. The molecule has 0 aromatic heterocycles. The Hall–Kier alpha value is -3.89. The van der Waals surface area contributed by atoms with E-state index < -0.39 is 34.5 Å². The van der Waals surface area contributed by atoms with Crippen molar-refractivity contribution in [2.45, 2.75) is 17.4 Å². The van der Waals surface area contributed by atoms with Gasteiger partial charge in [-0.25, -0.2) is 13.2 Å². The van der Waals surface area contributed by atoms with Crippen LogP contribution in [0.5, 0.6) is 11.5 Å². The fourth-order valence-electron chi connectivity index (χ4n) is 4.04. The maximum absolute atomic E-state index is 13.7. The van der Waals surface area contributed by atoms with E-state index in [9.17, 15) is 18.0 Å². The highest BCUT2D eigenvalue weighted by molar-refractivity contribution is 7.89. The van der Waals surface area contributed by atoms with Crippen molar-refractivity contribution in [3.05, 3.63) is 84.4 Å². The van der Waals surface area contributed by atoms with Gasteiger partial charge in [-0.05, 0) is 48.4 Å². The third kappa shape index (κ3) is 5.92. The molecule has 3 aromatic rings. The summed E-state index contributed by atoms with van der Waals surface area (Å²) in [5, 5.41) is 0. The van der Waals surface area contributed by atoms with Gasteiger partial charge >= 0.3 is 5.97 Å². The molecule has 0 saturated heterocycles. The predicted molar refractivity (Wildman–Crippen MR) is 137 cm³/mol. The minimum absolute atomic E-state index is 0.0453. The zero-order valence-electron chi connectivity index (χ0n) is 20.6. The molecular weight excluding hydrogens is 496 g/mol. The number of anilines is 1. The molecule has 194 valence electrons. The van der Waals surface area contributed by atoms with Gasteiger partial charge in [0.05, 0.1) is 37.9 Å². The molecule has 9 nitrogen and oxygen atoms in total. The van der Waals surface area contributed by atoms with Crippen molar-refractivity contribution in [3.63, 3.8) is 0 Å². The largest absolute Gasteiger partial charge is 0.497 e. The molecular formula is C27H28N2O7S. The number of rotatable bonds is 9. The zero-order chi connectivity index (χ0) is 26.4. The van der Waals surface area contributed by atoms with E-state index in [0.717, 1.165) is 9.87 Å². The van der Waals surface area contributed by atoms with Crippen LogP contribution in [0.4, 0.5) is 5.69 Å². The highest BCUT2D eigenvalue weighted by atomic mass is 32.2. The van der Waals surface area contributed by atoms with Crippen LogP contribution in [0, 0.1) is 0 Å². The number of esters is 1. The molecule has 10 heteroatoms. The van der Waals surface area contributed by atoms with Gasteiger partial charge in [0.25, 0.3) is 0 Å². The summed E-state index contributed by atoms with van der Waals surface area (Å²) >= 11 is 0. The lowest BCUT2D eigenvalue weighted by atomic mass is 10.1. The molecule has 0 spiro atoms. The number of carbonyl (C=O) groups is 2. The normalized spacial score (nSPS) is 15.0. The van der Waals surface area contributed by atoms with Crippen LogP contribution in [-0.2, 0) is 30.8 Å². The summed E-state index contributed by atoms with van der Waals surface area (Å²) in [5.74, 6) is -0.259. The maximum atomic E-state index is 13.7. The van der Waals surface area contributed by atoms with E-state index in [0.29, 0.717) is 23.6 Å². The Bertz CT molecular complexity index is 1340. The van der Waals surface area contributed by atoms with Gasteiger partial charge in [0.15, 0.2) is 0 Å². The minimum Gasteiger partial charge on any atom is -0.497 e. The van der Waals surface area contributed by atoms with Gasteiger partial charge < -0.3 is 19.1 Å². The van der Waals surface area contributed by atoms with Crippen molar-refractivity contribution in [2.24, 2.45) is 0 Å². The summed E-state index contributed by atoms with van der Waals surface area (Å²) in [6.07, 6.45) is -0.617. The van der Waals surface area contributed by atoms with Crippen LogP contribution in [0.3, 0.4) is 0 Å². The number of para-hydroxylation sites is 2. The van der Waals surface area contributed by atoms with Crippen LogP contribution in [0.1, 0.15) is 5.56 Å². The number of carbonyl (C=O) groups excluding carboxylic acids is 2. The molecule has 0 radical (unpaired) electrons. The Morgan fingerprint density at radius 1 is 0.973 bits per heavy atom. The lowest BCUT2D eigenvalue weighted by Gasteiger charge is -2.34.